The summed E-state index contributed by atoms with van der Waals surface area (Å²) in [7, 11) is 0. The molecule has 2 saturated carbocycles. The summed E-state index contributed by atoms with van der Waals surface area (Å²) >= 11 is 0. The van der Waals surface area contributed by atoms with Gasteiger partial charge in [0.25, 0.3) is 0 Å². The van der Waals surface area contributed by atoms with E-state index in [1.165, 1.54) is 64.3 Å². The van der Waals surface area contributed by atoms with Crippen molar-refractivity contribution in [2.45, 2.75) is 63.8 Å². The van der Waals surface area contributed by atoms with Crippen molar-refractivity contribution in [2.24, 2.45) is 17.6 Å². The average molecular weight is 224 g/mol. The Labute approximate surface area is 100 Å². The van der Waals surface area contributed by atoms with Gasteiger partial charge in [0.2, 0.25) is 0 Å². The van der Waals surface area contributed by atoms with Gasteiger partial charge in [0.15, 0.2) is 0 Å². The highest BCUT2D eigenvalue weighted by Gasteiger charge is 2.25. The second-order valence-electron chi connectivity index (χ2n) is 5.78. The maximum absolute atomic E-state index is 5.80. The van der Waals surface area contributed by atoms with Gasteiger partial charge in [0.1, 0.15) is 0 Å². The maximum atomic E-state index is 5.80. The van der Waals surface area contributed by atoms with Crippen molar-refractivity contribution in [1.29, 1.82) is 0 Å². The molecule has 2 unspecified atom stereocenters. The van der Waals surface area contributed by atoms with E-state index in [2.05, 4.69) is 5.32 Å². The van der Waals surface area contributed by atoms with Crippen LogP contribution in [0.15, 0.2) is 0 Å². The number of hydrogen-bond donors (Lipinski definition) is 2. The molecule has 0 heterocycles. The van der Waals surface area contributed by atoms with Crippen molar-refractivity contribution in [3.8, 4) is 0 Å². The molecule has 16 heavy (non-hydrogen) atoms. The first kappa shape index (κ1) is 12.4. The fourth-order valence-corrected chi connectivity index (χ4v) is 3.54. The highest BCUT2D eigenvalue weighted by atomic mass is 14.9. The van der Waals surface area contributed by atoms with Gasteiger partial charge in [-0.3, -0.25) is 0 Å². The van der Waals surface area contributed by atoms with Crippen LogP contribution in [0.25, 0.3) is 0 Å². The molecule has 2 aliphatic carbocycles. The van der Waals surface area contributed by atoms with Gasteiger partial charge in [-0.1, -0.05) is 38.5 Å². The molecule has 2 rings (SSSR count). The third-order valence-corrected chi connectivity index (χ3v) is 4.65. The van der Waals surface area contributed by atoms with Crippen LogP contribution in [0.1, 0.15) is 57.8 Å². The molecule has 2 fully saturated rings. The zero-order valence-electron chi connectivity index (χ0n) is 10.6. The van der Waals surface area contributed by atoms with Crippen LogP contribution in [0, 0.1) is 11.8 Å². The van der Waals surface area contributed by atoms with Crippen molar-refractivity contribution in [1.82, 2.24) is 5.32 Å². The smallest absolute Gasteiger partial charge is 0.0107 e. The van der Waals surface area contributed by atoms with E-state index < -0.39 is 0 Å². The summed E-state index contributed by atoms with van der Waals surface area (Å²) in [6.45, 7) is 2.10. The van der Waals surface area contributed by atoms with Gasteiger partial charge in [0, 0.05) is 6.04 Å². The molecular weight excluding hydrogens is 196 g/mol. The Kier molecular flexibility index (Phi) is 5.11. The lowest BCUT2D eigenvalue weighted by atomic mass is 9.87. The summed E-state index contributed by atoms with van der Waals surface area (Å²) < 4.78 is 0. The first-order valence-corrected chi connectivity index (χ1v) is 7.33. The normalized spacial score (nSPS) is 32.1. The summed E-state index contributed by atoms with van der Waals surface area (Å²) in [4.78, 5) is 0. The molecule has 0 aliphatic heterocycles. The standard InChI is InChI=1S/C14H28N2/c15-11-13-7-4-8-14(13)16-10-9-12-5-2-1-3-6-12/h12-14,16H,1-11,15H2. The van der Waals surface area contributed by atoms with Gasteiger partial charge >= 0.3 is 0 Å². The van der Waals surface area contributed by atoms with Crippen LogP contribution in [0.5, 0.6) is 0 Å². The topological polar surface area (TPSA) is 38.0 Å². The van der Waals surface area contributed by atoms with E-state index >= 15 is 0 Å². The Hall–Kier alpha value is -0.0800. The van der Waals surface area contributed by atoms with Crippen molar-refractivity contribution in [2.75, 3.05) is 13.1 Å². The molecule has 0 aromatic carbocycles. The monoisotopic (exact) mass is 224 g/mol. The SMILES string of the molecule is NCC1CCCC1NCCC1CCCCC1. The average Bonchev–Trinajstić information content (AvgIpc) is 2.78. The van der Waals surface area contributed by atoms with E-state index in [9.17, 15) is 0 Å². The van der Waals surface area contributed by atoms with Gasteiger partial charge in [-0.15, -0.1) is 0 Å². The van der Waals surface area contributed by atoms with Gasteiger partial charge < -0.3 is 11.1 Å². The van der Waals surface area contributed by atoms with Gasteiger partial charge in [0.05, 0.1) is 0 Å². The molecule has 0 spiro atoms. The number of hydrogen-bond acceptors (Lipinski definition) is 2. The molecule has 0 radical (unpaired) electrons. The lowest BCUT2D eigenvalue weighted by Crippen LogP contribution is -2.37. The number of rotatable bonds is 5. The predicted molar refractivity (Wildman–Crippen MR) is 69.4 cm³/mol. The van der Waals surface area contributed by atoms with Crippen molar-refractivity contribution in [3.63, 3.8) is 0 Å². The molecule has 2 nitrogen and oxygen atoms in total. The molecule has 0 amide bonds. The summed E-state index contributed by atoms with van der Waals surface area (Å²) in [5.74, 6) is 1.77. The fourth-order valence-electron chi connectivity index (χ4n) is 3.54. The summed E-state index contributed by atoms with van der Waals surface area (Å²) in [6, 6.07) is 0.730. The molecule has 94 valence electrons. The second-order valence-corrected chi connectivity index (χ2v) is 5.78. The zero-order chi connectivity index (χ0) is 11.2. The van der Waals surface area contributed by atoms with E-state index in [4.69, 9.17) is 5.73 Å². The van der Waals surface area contributed by atoms with Crippen LogP contribution in [0.2, 0.25) is 0 Å². The van der Waals surface area contributed by atoms with Crippen LogP contribution >= 0.6 is 0 Å². The molecule has 0 aromatic rings. The van der Waals surface area contributed by atoms with E-state index in [0.29, 0.717) is 0 Å². The molecule has 2 atom stereocenters. The Morgan fingerprint density at radius 1 is 0.938 bits per heavy atom. The molecule has 3 N–H and O–H groups in total. The molecule has 0 bridgehead atoms. The molecule has 2 heteroatoms. The minimum Gasteiger partial charge on any atom is -0.330 e. The summed E-state index contributed by atoms with van der Waals surface area (Å²) in [5.41, 5.74) is 5.80. The zero-order valence-corrected chi connectivity index (χ0v) is 10.6. The van der Waals surface area contributed by atoms with Crippen LogP contribution in [0.4, 0.5) is 0 Å². The molecule has 0 aromatic heterocycles. The third kappa shape index (κ3) is 3.46. The minimum atomic E-state index is 0.730. The Morgan fingerprint density at radius 2 is 1.75 bits per heavy atom. The molecule has 2 aliphatic rings. The minimum absolute atomic E-state index is 0.730. The van der Waals surface area contributed by atoms with Crippen LogP contribution in [0.3, 0.4) is 0 Å². The van der Waals surface area contributed by atoms with Gasteiger partial charge in [-0.2, -0.15) is 0 Å². The first-order chi connectivity index (χ1) is 7.90. The predicted octanol–water partition coefficient (Wildman–Crippen LogP) is 2.67. The lowest BCUT2D eigenvalue weighted by molar-refractivity contribution is 0.317. The van der Waals surface area contributed by atoms with Crippen LogP contribution in [-0.2, 0) is 0 Å². The summed E-state index contributed by atoms with van der Waals surface area (Å²) in [5, 5.41) is 3.75. The highest BCUT2D eigenvalue weighted by Crippen LogP contribution is 2.27. The van der Waals surface area contributed by atoms with Gasteiger partial charge in [-0.05, 0) is 44.2 Å². The Bertz CT molecular complexity index is 187. The second kappa shape index (κ2) is 6.61. The van der Waals surface area contributed by atoms with Crippen molar-refractivity contribution < 1.29 is 0 Å². The number of nitrogens with one attached hydrogen (secondary N) is 1. The molecule has 0 saturated heterocycles. The quantitative estimate of drug-likeness (QED) is 0.753. The van der Waals surface area contributed by atoms with E-state index in [1.54, 1.807) is 0 Å². The lowest BCUT2D eigenvalue weighted by Gasteiger charge is -2.24. The van der Waals surface area contributed by atoms with Crippen LogP contribution < -0.4 is 11.1 Å². The maximum Gasteiger partial charge on any atom is 0.0107 e. The van der Waals surface area contributed by atoms with Crippen LogP contribution in [-0.4, -0.2) is 19.1 Å². The summed E-state index contributed by atoms with van der Waals surface area (Å²) in [6.07, 6.45) is 12.8. The van der Waals surface area contributed by atoms with E-state index in [0.717, 1.165) is 24.4 Å². The van der Waals surface area contributed by atoms with Crippen molar-refractivity contribution >= 4 is 0 Å². The van der Waals surface area contributed by atoms with Gasteiger partial charge in [-0.25, -0.2) is 0 Å². The third-order valence-electron chi connectivity index (χ3n) is 4.65. The van der Waals surface area contributed by atoms with E-state index in [-0.39, 0.29) is 0 Å². The van der Waals surface area contributed by atoms with Crippen molar-refractivity contribution in [3.05, 3.63) is 0 Å². The Morgan fingerprint density at radius 3 is 2.50 bits per heavy atom. The number of nitrogens with two attached hydrogens (primary N) is 1. The Balaban J connectivity index is 1.59. The van der Waals surface area contributed by atoms with E-state index in [1.807, 2.05) is 0 Å². The highest BCUT2D eigenvalue weighted by molar-refractivity contribution is 4.83. The molecular formula is C14H28N2. The largest absolute Gasteiger partial charge is 0.330 e. The fraction of sp³-hybridized carbons (Fsp3) is 1.00. The first-order valence-electron chi connectivity index (χ1n) is 7.33.